The van der Waals surface area contributed by atoms with E-state index in [2.05, 4.69) is 15.6 Å². The molecule has 108 valence electrons. The van der Waals surface area contributed by atoms with Gasteiger partial charge >= 0.3 is 6.09 Å². The van der Waals surface area contributed by atoms with Gasteiger partial charge in [0.15, 0.2) is 0 Å². The van der Waals surface area contributed by atoms with Gasteiger partial charge in [-0.3, -0.25) is 4.79 Å². The third kappa shape index (κ3) is 3.84. The second-order valence-corrected chi connectivity index (χ2v) is 4.80. The normalized spacial score (nSPS) is 15.8. The third-order valence-corrected chi connectivity index (χ3v) is 3.20. The Morgan fingerprint density at radius 3 is 2.55 bits per heavy atom. The first kappa shape index (κ1) is 14.1. The fraction of sp³-hybridized carbons (Fsp3) is 0.462. The molecule has 7 nitrogen and oxygen atoms in total. The lowest BCUT2D eigenvalue weighted by Crippen LogP contribution is -2.41. The Bertz CT molecular complexity index is 481. The van der Waals surface area contributed by atoms with Crippen LogP contribution < -0.4 is 10.6 Å². The molecule has 1 aromatic heterocycles. The molecule has 0 radical (unpaired) electrons. The van der Waals surface area contributed by atoms with Crippen LogP contribution in [0.25, 0.3) is 0 Å². The van der Waals surface area contributed by atoms with Crippen LogP contribution in [0.1, 0.15) is 19.8 Å². The predicted molar refractivity (Wildman–Crippen MR) is 74.8 cm³/mol. The molecule has 7 heteroatoms. The number of carbonyl (C=O) groups is 2. The summed E-state index contributed by atoms with van der Waals surface area (Å²) < 4.78 is 0. The molecule has 0 aromatic carbocycles. The molecule has 1 aliphatic heterocycles. The number of piperidine rings is 1. The maximum atomic E-state index is 10.9. The van der Waals surface area contributed by atoms with E-state index in [0.717, 1.165) is 18.5 Å². The van der Waals surface area contributed by atoms with E-state index in [1.807, 2.05) is 6.07 Å². The molecule has 2 heterocycles. The van der Waals surface area contributed by atoms with E-state index in [9.17, 15) is 9.59 Å². The number of hydrogen-bond donors (Lipinski definition) is 3. The molecule has 1 aliphatic rings. The number of nitrogens with one attached hydrogen (secondary N) is 2. The lowest BCUT2D eigenvalue weighted by Gasteiger charge is -2.30. The average Bonchev–Trinajstić information content (AvgIpc) is 2.41. The molecule has 0 spiro atoms. The largest absolute Gasteiger partial charge is 0.465 e. The van der Waals surface area contributed by atoms with Gasteiger partial charge in [0.2, 0.25) is 5.91 Å². The molecule has 0 unspecified atom stereocenters. The minimum Gasteiger partial charge on any atom is -0.465 e. The number of amides is 2. The van der Waals surface area contributed by atoms with Crippen LogP contribution in [0, 0.1) is 0 Å². The molecular formula is C13H18N4O3. The highest BCUT2D eigenvalue weighted by Gasteiger charge is 2.21. The van der Waals surface area contributed by atoms with Gasteiger partial charge in [-0.25, -0.2) is 9.78 Å². The van der Waals surface area contributed by atoms with E-state index in [0.29, 0.717) is 18.9 Å². The summed E-state index contributed by atoms with van der Waals surface area (Å²) in [6, 6.07) is 3.83. The summed E-state index contributed by atoms with van der Waals surface area (Å²) in [6.45, 7) is 2.53. The van der Waals surface area contributed by atoms with Gasteiger partial charge in [-0.05, 0) is 25.0 Å². The van der Waals surface area contributed by atoms with Crippen LogP contribution in [0.3, 0.4) is 0 Å². The van der Waals surface area contributed by atoms with E-state index in [1.165, 1.54) is 11.8 Å². The van der Waals surface area contributed by atoms with Crippen molar-refractivity contribution in [2.24, 2.45) is 0 Å². The predicted octanol–water partition coefficient (Wildman–Crippen LogP) is 1.59. The molecular weight excluding hydrogens is 260 g/mol. The fourth-order valence-corrected chi connectivity index (χ4v) is 2.18. The van der Waals surface area contributed by atoms with Crippen molar-refractivity contribution in [1.82, 2.24) is 9.88 Å². The maximum Gasteiger partial charge on any atom is 0.407 e. The van der Waals surface area contributed by atoms with E-state index in [1.54, 1.807) is 12.3 Å². The van der Waals surface area contributed by atoms with Crippen LogP contribution in [0.4, 0.5) is 16.3 Å². The molecule has 1 saturated heterocycles. The number of likely N-dealkylation sites (tertiary alicyclic amines) is 1. The zero-order valence-electron chi connectivity index (χ0n) is 11.3. The zero-order valence-corrected chi connectivity index (χ0v) is 11.3. The number of carbonyl (C=O) groups excluding carboxylic acids is 1. The summed E-state index contributed by atoms with van der Waals surface area (Å²) in [7, 11) is 0. The van der Waals surface area contributed by atoms with E-state index >= 15 is 0 Å². The Labute approximate surface area is 117 Å². The molecule has 0 bridgehead atoms. The molecule has 2 rings (SSSR count). The molecule has 3 N–H and O–H groups in total. The summed E-state index contributed by atoms with van der Waals surface area (Å²) in [4.78, 5) is 27.2. The Balaban J connectivity index is 1.85. The van der Waals surface area contributed by atoms with E-state index < -0.39 is 6.09 Å². The van der Waals surface area contributed by atoms with Gasteiger partial charge in [0.05, 0.1) is 11.9 Å². The average molecular weight is 278 g/mol. The highest BCUT2D eigenvalue weighted by molar-refractivity contribution is 5.87. The van der Waals surface area contributed by atoms with Crippen molar-refractivity contribution >= 4 is 23.5 Å². The second kappa shape index (κ2) is 6.23. The Morgan fingerprint density at radius 2 is 2.05 bits per heavy atom. The first-order valence-electron chi connectivity index (χ1n) is 6.52. The Morgan fingerprint density at radius 1 is 1.35 bits per heavy atom. The van der Waals surface area contributed by atoms with Gasteiger partial charge in [0.25, 0.3) is 0 Å². The van der Waals surface area contributed by atoms with Crippen molar-refractivity contribution < 1.29 is 14.7 Å². The van der Waals surface area contributed by atoms with Crippen molar-refractivity contribution in [1.29, 1.82) is 0 Å². The third-order valence-electron chi connectivity index (χ3n) is 3.20. The first-order chi connectivity index (χ1) is 9.54. The molecule has 0 aliphatic carbocycles. The lowest BCUT2D eigenvalue weighted by atomic mass is 10.1. The molecule has 20 heavy (non-hydrogen) atoms. The number of rotatable bonds is 3. The van der Waals surface area contributed by atoms with Gasteiger partial charge in [0.1, 0.15) is 5.82 Å². The van der Waals surface area contributed by atoms with E-state index in [-0.39, 0.29) is 11.9 Å². The van der Waals surface area contributed by atoms with Crippen molar-refractivity contribution in [2.45, 2.75) is 25.8 Å². The van der Waals surface area contributed by atoms with Crippen LogP contribution in [0.5, 0.6) is 0 Å². The van der Waals surface area contributed by atoms with Crippen LogP contribution in [-0.2, 0) is 4.79 Å². The minimum atomic E-state index is -0.857. The smallest absolute Gasteiger partial charge is 0.407 e. The molecule has 2 amide bonds. The highest BCUT2D eigenvalue weighted by atomic mass is 16.4. The quantitative estimate of drug-likeness (QED) is 0.780. The van der Waals surface area contributed by atoms with E-state index in [4.69, 9.17) is 5.11 Å². The molecule has 1 aromatic rings. The molecule has 0 atom stereocenters. The zero-order chi connectivity index (χ0) is 14.5. The number of anilines is 2. The van der Waals surface area contributed by atoms with Crippen molar-refractivity contribution in [3.8, 4) is 0 Å². The first-order valence-corrected chi connectivity index (χ1v) is 6.52. The number of nitrogens with zero attached hydrogens (tertiary/aromatic N) is 2. The maximum absolute atomic E-state index is 10.9. The van der Waals surface area contributed by atoms with Crippen LogP contribution in [0.2, 0.25) is 0 Å². The Hall–Kier alpha value is -2.31. The van der Waals surface area contributed by atoms with Gasteiger partial charge < -0.3 is 20.6 Å². The standard InChI is InChI=1S/C13H18N4O3/c1-9(18)15-12-3-2-11(8-14-12)16-10-4-6-17(7-5-10)13(19)20/h2-3,8,10,16H,4-7H2,1H3,(H,19,20)(H,14,15,18). The topological polar surface area (TPSA) is 94.6 Å². The number of aromatic nitrogens is 1. The minimum absolute atomic E-state index is 0.153. The summed E-state index contributed by atoms with van der Waals surface area (Å²) in [5.41, 5.74) is 0.868. The molecule has 0 saturated carbocycles. The van der Waals surface area contributed by atoms with Crippen molar-refractivity contribution in [3.63, 3.8) is 0 Å². The lowest BCUT2D eigenvalue weighted by molar-refractivity contribution is -0.114. The van der Waals surface area contributed by atoms with Crippen molar-refractivity contribution in [3.05, 3.63) is 18.3 Å². The fourth-order valence-electron chi connectivity index (χ4n) is 2.18. The molecule has 1 fully saturated rings. The van der Waals surface area contributed by atoms with Gasteiger partial charge in [-0.15, -0.1) is 0 Å². The van der Waals surface area contributed by atoms with Crippen LogP contribution in [-0.4, -0.2) is 46.1 Å². The summed E-state index contributed by atoms with van der Waals surface area (Å²) >= 11 is 0. The highest BCUT2D eigenvalue weighted by Crippen LogP contribution is 2.17. The Kier molecular flexibility index (Phi) is 4.39. The van der Waals surface area contributed by atoms with Crippen LogP contribution in [0.15, 0.2) is 18.3 Å². The monoisotopic (exact) mass is 278 g/mol. The SMILES string of the molecule is CC(=O)Nc1ccc(NC2CCN(C(=O)O)CC2)cn1. The van der Waals surface area contributed by atoms with Gasteiger partial charge in [-0.1, -0.05) is 0 Å². The van der Waals surface area contributed by atoms with Gasteiger partial charge in [0, 0.05) is 26.1 Å². The number of carboxylic acid groups (broad SMARTS) is 1. The number of hydrogen-bond acceptors (Lipinski definition) is 4. The summed E-state index contributed by atoms with van der Waals surface area (Å²) in [5, 5.41) is 14.8. The van der Waals surface area contributed by atoms with Crippen molar-refractivity contribution in [2.75, 3.05) is 23.7 Å². The van der Waals surface area contributed by atoms with Crippen LogP contribution >= 0.6 is 0 Å². The second-order valence-electron chi connectivity index (χ2n) is 4.80. The summed E-state index contributed by atoms with van der Waals surface area (Å²) in [6.07, 6.45) is 2.36. The summed E-state index contributed by atoms with van der Waals surface area (Å²) in [5.74, 6) is 0.364. The number of pyridine rings is 1. The van der Waals surface area contributed by atoms with Gasteiger partial charge in [-0.2, -0.15) is 0 Å².